The van der Waals surface area contributed by atoms with E-state index in [1.165, 1.54) is 38.8 Å². The first-order valence-electron chi connectivity index (χ1n) is 8.14. The fourth-order valence-corrected chi connectivity index (χ4v) is 3.09. The quantitative estimate of drug-likeness (QED) is 0.781. The fourth-order valence-electron chi connectivity index (χ4n) is 3.09. The summed E-state index contributed by atoms with van der Waals surface area (Å²) < 4.78 is 0. The Labute approximate surface area is 121 Å². The Kier molecular flexibility index (Phi) is 5.48. The maximum absolute atomic E-state index is 3.74. The lowest BCUT2D eigenvalue weighted by Gasteiger charge is -2.42. The van der Waals surface area contributed by atoms with Gasteiger partial charge in [0.1, 0.15) is 0 Å². The van der Waals surface area contributed by atoms with E-state index in [-0.39, 0.29) is 5.54 Å². The Hall–Kier alpha value is -0.0800. The van der Waals surface area contributed by atoms with E-state index in [1.54, 1.807) is 0 Å². The summed E-state index contributed by atoms with van der Waals surface area (Å²) in [6.07, 6.45) is 5.24. The molecule has 0 aromatic carbocycles. The topological polar surface area (TPSA) is 15.3 Å². The van der Waals surface area contributed by atoms with Gasteiger partial charge in [-0.15, -0.1) is 0 Å². The molecule has 0 aromatic rings. The molecule has 2 nitrogen and oxygen atoms in total. The minimum Gasteiger partial charge on any atom is -0.311 e. The minimum atomic E-state index is 0.218. The first kappa shape index (κ1) is 17.0. The molecule has 1 aliphatic heterocycles. The van der Waals surface area contributed by atoms with Crippen LogP contribution in [-0.4, -0.2) is 35.6 Å². The van der Waals surface area contributed by atoms with E-state index in [2.05, 4.69) is 58.7 Å². The summed E-state index contributed by atoms with van der Waals surface area (Å²) in [5.41, 5.74) is 1.04. The smallest absolute Gasteiger partial charge is 0.0153 e. The predicted molar refractivity (Wildman–Crippen MR) is 85.7 cm³/mol. The van der Waals surface area contributed by atoms with Gasteiger partial charge in [0.05, 0.1) is 0 Å². The predicted octanol–water partition coefficient (Wildman–Crippen LogP) is 4.06. The molecular weight excluding hydrogens is 232 g/mol. The summed E-state index contributed by atoms with van der Waals surface area (Å²) >= 11 is 0. The Morgan fingerprint density at radius 1 is 1.11 bits per heavy atom. The Morgan fingerprint density at radius 3 is 2.05 bits per heavy atom. The molecule has 0 aliphatic carbocycles. The molecule has 0 spiro atoms. The van der Waals surface area contributed by atoms with Crippen LogP contribution in [0.5, 0.6) is 0 Å². The summed E-state index contributed by atoms with van der Waals surface area (Å²) in [4.78, 5) is 2.73. The van der Waals surface area contributed by atoms with Crippen LogP contribution in [0, 0.1) is 5.41 Å². The molecule has 1 N–H and O–H groups in total. The van der Waals surface area contributed by atoms with Crippen LogP contribution >= 0.6 is 0 Å². The number of nitrogens with one attached hydrogen (secondary N) is 1. The normalized spacial score (nSPS) is 21.0. The van der Waals surface area contributed by atoms with Gasteiger partial charge < -0.3 is 5.32 Å². The second kappa shape index (κ2) is 6.13. The Morgan fingerprint density at radius 2 is 1.68 bits per heavy atom. The molecule has 1 fully saturated rings. The third-order valence-corrected chi connectivity index (χ3v) is 5.09. The third-order valence-electron chi connectivity index (χ3n) is 5.09. The molecule has 1 saturated heterocycles. The van der Waals surface area contributed by atoms with Crippen molar-refractivity contribution in [2.24, 2.45) is 5.41 Å². The van der Waals surface area contributed by atoms with Gasteiger partial charge in [-0.25, -0.2) is 0 Å². The van der Waals surface area contributed by atoms with Gasteiger partial charge in [-0.1, -0.05) is 13.8 Å². The van der Waals surface area contributed by atoms with Crippen molar-refractivity contribution in [3.8, 4) is 0 Å². The average Bonchev–Trinajstić information content (AvgIpc) is 2.63. The number of rotatable bonds is 6. The van der Waals surface area contributed by atoms with Crippen LogP contribution in [0.25, 0.3) is 0 Å². The summed E-state index contributed by atoms with van der Waals surface area (Å²) in [5.74, 6) is 0. The highest BCUT2D eigenvalue weighted by molar-refractivity contribution is 4.93. The van der Waals surface area contributed by atoms with Gasteiger partial charge in [-0.05, 0) is 72.3 Å². The van der Waals surface area contributed by atoms with Gasteiger partial charge in [-0.3, -0.25) is 4.90 Å². The first-order chi connectivity index (χ1) is 8.64. The standard InChI is InChI=1S/C17H36N2/c1-8-17(9-2,13-18-15(3,4)5)14-19-12-10-11-16(19,6)7/h18H,8-14H2,1-7H3. The van der Waals surface area contributed by atoms with Crippen LogP contribution < -0.4 is 5.32 Å². The highest BCUT2D eigenvalue weighted by Crippen LogP contribution is 2.35. The van der Waals surface area contributed by atoms with Crippen molar-refractivity contribution in [2.45, 2.75) is 85.2 Å². The van der Waals surface area contributed by atoms with Crippen molar-refractivity contribution in [3.63, 3.8) is 0 Å². The Bertz CT molecular complexity index is 271. The van der Waals surface area contributed by atoms with Crippen molar-refractivity contribution in [2.75, 3.05) is 19.6 Å². The van der Waals surface area contributed by atoms with E-state index in [1.807, 2.05) is 0 Å². The summed E-state index contributed by atoms with van der Waals surface area (Å²) in [7, 11) is 0. The van der Waals surface area contributed by atoms with Crippen LogP contribution in [-0.2, 0) is 0 Å². The maximum Gasteiger partial charge on any atom is 0.0153 e. The van der Waals surface area contributed by atoms with Gasteiger partial charge in [0.15, 0.2) is 0 Å². The van der Waals surface area contributed by atoms with Gasteiger partial charge in [0.25, 0.3) is 0 Å². The van der Waals surface area contributed by atoms with Crippen LogP contribution in [0.15, 0.2) is 0 Å². The van der Waals surface area contributed by atoms with Crippen LogP contribution in [0.3, 0.4) is 0 Å². The molecule has 0 aromatic heterocycles. The van der Waals surface area contributed by atoms with Crippen LogP contribution in [0.4, 0.5) is 0 Å². The van der Waals surface area contributed by atoms with Gasteiger partial charge in [0.2, 0.25) is 0 Å². The Balaban J connectivity index is 2.70. The monoisotopic (exact) mass is 268 g/mol. The number of hydrogen-bond acceptors (Lipinski definition) is 2. The molecule has 0 amide bonds. The fraction of sp³-hybridized carbons (Fsp3) is 1.00. The number of likely N-dealkylation sites (tertiary alicyclic amines) is 1. The highest BCUT2D eigenvalue weighted by atomic mass is 15.2. The summed E-state index contributed by atoms with van der Waals surface area (Å²) in [5, 5.41) is 3.74. The molecule has 0 saturated carbocycles. The summed E-state index contributed by atoms with van der Waals surface area (Å²) in [6, 6.07) is 0. The van der Waals surface area contributed by atoms with Crippen molar-refractivity contribution in [1.82, 2.24) is 10.2 Å². The molecule has 0 radical (unpaired) electrons. The van der Waals surface area contributed by atoms with E-state index < -0.39 is 0 Å². The molecular formula is C17H36N2. The molecule has 114 valence electrons. The van der Waals surface area contributed by atoms with E-state index in [0.717, 1.165) is 6.54 Å². The second-order valence-corrected chi connectivity index (χ2v) is 8.15. The first-order valence-corrected chi connectivity index (χ1v) is 8.14. The van der Waals surface area contributed by atoms with E-state index in [0.29, 0.717) is 11.0 Å². The van der Waals surface area contributed by atoms with Crippen LogP contribution in [0.2, 0.25) is 0 Å². The third kappa shape index (κ3) is 4.75. The SMILES string of the molecule is CCC(CC)(CNC(C)(C)C)CN1CCCC1(C)C. The van der Waals surface area contributed by atoms with Gasteiger partial charge in [-0.2, -0.15) is 0 Å². The molecule has 19 heavy (non-hydrogen) atoms. The molecule has 1 heterocycles. The largest absolute Gasteiger partial charge is 0.311 e. The second-order valence-electron chi connectivity index (χ2n) is 8.15. The van der Waals surface area contributed by atoms with E-state index in [4.69, 9.17) is 0 Å². The van der Waals surface area contributed by atoms with Gasteiger partial charge in [0, 0.05) is 24.2 Å². The van der Waals surface area contributed by atoms with E-state index >= 15 is 0 Å². The molecule has 0 bridgehead atoms. The zero-order valence-corrected chi connectivity index (χ0v) is 14.4. The van der Waals surface area contributed by atoms with Crippen molar-refractivity contribution >= 4 is 0 Å². The molecule has 2 heteroatoms. The minimum absolute atomic E-state index is 0.218. The summed E-state index contributed by atoms with van der Waals surface area (Å²) in [6.45, 7) is 20.0. The molecule has 0 atom stereocenters. The van der Waals surface area contributed by atoms with Crippen molar-refractivity contribution in [1.29, 1.82) is 0 Å². The lowest BCUT2D eigenvalue weighted by Crippen LogP contribution is -2.51. The zero-order valence-electron chi connectivity index (χ0n) is 14.4. The lowest BCUT2D eigenvalue weighted by molar-refractivity contribution is 0.0818. The molecule has 1 rings (SSSR count). The van der Waals surface area contributed by atoms with Crippen molar-refractivity contribution in [3.05, 3.63) is 0 Å². The van der Waals surface area contributed by atoms with Gasteiger partial charge >= 0.3 is 0 Å². The molecule has 1 aliphatic rings. The lowest BCUT2D eigenvalue weighted by atomic mass is 9.80. The van der Waals surface area contributed by atoms with Crippen LogP contribution in [0.1, 0.15) is 74.1 Å². The highest BCUT2D eigenvalue weighted by Gasteiger charge is 2.38. The maximum atomic E-state index is 3.74. The van der Waals surface area contributed by atoms with E-state index in [9.17, 15) is 0 Å². The average molecular weight is 268 g/mol. The molecule has 0 unspecified atom stereocenters. The zero-order chi connectivity index (χ0) is 14.7. The number of hydrogen-bond donors (Lipinski definition) is 1. The number of nitrogens with zero attached hydrogens (tertiary/aromatic N) is 1. The van der Waals surface area contributed by atoms with Crippen molar-refractivity contribution < 1.29 is 0 Å².